The van der Waals surface area contributed by atoms with Gasteiger partial charge in [0.2, 0.25) is 0 Å². The van der Waals surface area contributed by atoms with Crippen LogP contribution in [0.5, 0.6) is 0 Å². The fourth-order valence-corrected chi connectivity index (χ4v) is 2.62. The van der Waals surface area contributed by atoms with Gasteiger partial charge in [0.05, 0.1) is 15.5 Å². The van der Waals surface area contributed by atoms with E-state index in [1.807, 2.05) is 13.8 Å². The van der Waals surface area contributed by atoms with Gasteiger partial charge >= 0.3 is 0 Å². The number of hydrogen-bond acceptors (Lipinski definition) is 4. The molecule has 0 saturated carbocycles. The van der Waals surface area contributed by atoms with Gasteiger partial charge in [-0.25, -0.2) is 0 Å². The Balaban J connectivity index is 2.46. The average Bonchev–Trinajstić information content (AvgIpc) is 2.37. The lowest BCUT2D eigenvalue weighted by molar-refractivity contribution is -0.385. The highest BCUT2D eigenvalue weighted by Gasteiger charge is 2.37. The van der Waals surface area contributed by atoms with Gasteiger partial charge in [0.1, 0.15) is 5.56 Å². The monoisotopic (exact) mass is 297 g/mol. The minimum atomic E-state index is -0.575. The minimum Gasteiger partial charge on any atom is -0.331 e. The molecule has 0 atom stereocenters. The molecule has 1 aromatic rings. The van der Waals surface area contributed by atoms with Crippen LogP contribution in [0.3, 0.4) is 0 Å². The Kier molecular flexibility index (Phi) is 3.96. The van der Waals surface area contributed by atoms with Crippen molar-refractivity contribution in [2.45, 2.75) is 19.4 Å². The first-order valence-electron chi connectivity index (χ1n) is 6.30. The largest absolute Gasteiger partial charge is 0.331 e. The lowest BCUT2D eigenvalue weighted by atomic mass is 9.98. The summed E-state index contributed by atoms with van der Waals surface area (Å²) in [5.41, 5.74) is -0.700. The van der Waals surface area contributed by atoms with Crippen LogP contribution in [0.4, 0.5) is 5.69 Å². The maximum atomic E-state index is 12.7. The molecule has 0 aliphatic carbocycles. The van der Waals surface area contributed by atoms with Crippen LogP contribution in [-0.2, 0) is 0 Å². The number of halogens is 1. The molecule has 0 bridgehead atoms. The maximum Gasteiger partial charge on any atom is 0.283 e. The van der Waals surface area contributed by atoms with Crippen LogP contribution in [0.2, 0.25) is 5.02 Å². The smallest absolute Gasteiger partial charge is 0.283 e. The highest BCUT2D eigenvalue weighted by Crippen LogP contribution is 2.30. The number of carbonyl (C=O) groups excluding carboxylic acids is 1. The standard InChI is InChI=1S/C13H16ClN3O3/c1-13(2)8-15-6-7-16(13)12(18)11-9(14)4-3-5-10(11)17(19)20/h3-5,15H,6-8H2,1-2H3. The zero-order valence-corrected chi connectivity index (χ0v) is 12.1. The molecule has 108 valence electrons. The van der Waals surface area contributed by atoms with Crippen molar-refractivity contribution in [2.75, 3.05) is 19.6 Å². The highest BCUT2D eigenvalue weighted by atomic mass is 35.5. The summed E-state index contributed by atoms with van der Waals surface area (Å²) in [5.74, 6) is -0.395. The predicted molar refractivity (Wildman–Crippen MR) is 76.1 cm³/mol. The normalized spacial score (nSPS) is 17.9. The van der Waals surface area contributed by atoms with Gasteiger partial charge in [0.25, 0.3) is 11.6 Å². The Morgan fingerprint density at radius 3 is 2.80 bits per heavy atom. The van der Waals surface area contributed by atoms with Gasteiger partial charge in [-0.15, -0.1) is 0 Å². The molecule has 0 radical (unpaired) electrons. The van der Waals surface area contributed by atoms with Crippen molar-refractivity contribution in [3.63, 3.8) is 0 Å². The fraction of sp³-hybridized carbons (Fsp3) is 0.462. The number of nitrogens with one attached hydrogen (secondary N) is 1. The maximum absolute atomic E-state index is 12.7. The Morgan fingerprint density at radius 1 is 1.50 bits per heavy atom. The highest BCUT2D eigenvalue weighted by molar-refractivity contribution is 6.34. The molecule has 1 aliphatic rings. The number of nitro groups is 1. The molecule has 0 unspecified atom stereocenters. The molecule has 6 nitrogen and oxygen atoms in total. The summed E-state index contributed by atoms with van der Waals surface area (Å²) in [6.07, 6.45) is 0. The first-order chi connectivity index (χ1) is 9.34. The summed E-state index contributed by atoms with van der Waals surface area (Å²) in [5, 5.41) is 14.4. The third-order valence-electron chi connectivity index (χ3n) is 3.45. The molecule has 20 heavy (non-hydrogen) atoms. The lowest BCUT2D eigenvalue weighted by Gasteiger charge is -2.42. The average molecular weight is 298 g/mol. The third-order valence-corrected chi connectivity index (χ3v) is 3.76. The van der Waals surface area contributed by atoms with Crippen molar-refractivity contribution in [1.82, 2.24) is 10.2 Å². The van der Waals surface area contributed by atoms with E-state index in [1.165, 1.54) is 18.2 Å². The third kappa shape index (κ3) is 2.62. The van der Waals surface area contributed by atoms with Crippen molar-refractivity contribution >= 4 is 23.2 Å². The number of amides is 1. The van der Waals surface area contributed by atoms with E-state index in [9.17, 15) is 14.9 Å². The van der Waals surface area contributed by atoms with Crippen molar-refractivity contribution in [3.05, 3.63) is 38.9 Å². The Morgan fingerprint density at radius 2 is 2.20 bits per heavy atom. The molecule has 1 fully saturated rings. The minimum absolute atomic E-state index is 0.0332. The van der Waals surface area contributed by atoms with Crippen LogP contribution in [0, 0.1) is 10.1 Å². The molecule has 1 amide bonds. The molecule has 2 rings (SSSR count). The van der Waals surface area contributed by atoms with E-state index >= 15 is 0 Å². The van der Waals surface area contributed by atoms with Gasteiger partial charge in [-0.2, -0.15) is 0 Å². The fourth-order valence-electron chi connectivity index (χ4n) is 2.37. The van der Waals surface area contributed by atoms with E-state index in [2.05, 4.69) is 5.32 Å². The van der Waals surface area contributed by atoms with E-state index < -0.39 is 16.4 Å². The molecular weight excluding hydrogens is 282 g/mol. The summed E-state index contributed by atoms with van der Waals surface area (Å²) in [6.45, 7) is 5.62. The van der Waals surface area contributed by atoms with Gasteiger partial charge in [-0.3, -0.25) is 14.9 Å². The quantitative estimate of drug-likeness (QED) is 0.670. The Hall–Kier alpha value is -1.66. The van der Waals surface area contributed by atoms with Crippen molar-refractivity contribution in [1.29, 1.82) is 0 Å². The predicted octanol–water partition coefficient (Wildman–Crippen LogP) is 2.07. The second-order valence-corrected chi connectivity index (χ2v) is 5.74. The van der Waals surface area contributed by atoms with Crippen molar-refractivity contribution in [3.8, 4) is 0 Å². The van der Waals surface area contributed by atoms with Crippen LogP contribution in [0.15, 0.2) is 18.2 Å². The molecule has 0 aromatic heterocycles. The molecule has 1 aliphatic heterocycles. The number of benzene rings is 1. The SMILES string of the molecule is CC1(C)CNCCN1C(=O)c1c(Cl)cccc1[N+](=O)[O-]. The molecule has 7 heteroatoms. The van der Waals surface area contributed by atoms with Gasteiger partial charge in [-0.05, 0) is 19.9 Å². The van der Waals surface area contributed by atoms with Crippen LogP contribution in [-0.4, -0.2) is 40.9 Å². The van der Waals surface area contributed by atoms with Crippen LogP contribution < -0.4 is 5.32 Å². The van der Waals surface area contributed by atoms with E-state index in [1.54, 1.807) is 4.90 Å². The van der Waals surface area contributed by atoms with E-state index in [4.69, 9.17) is 11.6 Å². The van der Waals surface area contributed by atoms with Crippen LogP contribution >= 0.6 is 11.6 Å². The van der Waals surface area contributed by atoms with Gasteiger partial charge < -0.3 is 10.2 Å². The number of rotatable bonds is 2. The lowest BCUT2D eigenvalue weighted by Crippen LogP contribution is -2.59. The summed E-state index contributed by atoms with van der Waals surface area (Å²) in [6, 6.07) is 4.27. The van der Waals surface area contributed by atoms with Crippen molar-refractivity contribution in [2.24, 2.45) is 0 Å². The van der Waals surface area contributed by atoms with Gasteiger partial charge in [0, 0.05) is 25.7 Å². The number of nitro benzene ring substituents is 1. The summed E-state index contributed by atoms with van der Waals surface area (Å²) in [4.78, 5) is 24.8. The molecule has 1 heterocycles. The number of nitrogens with zero attached hydrogens (tertiary/aromatic N) is 2. The van der Waals surface area contributed by atoms with Crippen molar-refractivity contribution < 1.29 is 9.72 Å². The van der Waals surface area contributed by atoms with Gasteiger partial charge in [-0.1, -0.05) is 17.7 Å². The van der Waals surface area contributed by atoms with Crippen LogP contribution in [0.1, 0.15) is 24.2 Å². The Labute approximate surface area is 121 Å². The Bertz CT molecular complexity index is 560. The first kappa shape index (κ1) is 14.7. The molecular formula is C13H16ClN3O3. The first-order valence-corrected chi connectivity index (χ1v) is 6.68. The molecule has 1 aromatic carbocycles. The summed E-state index contributed by atoms with van der Waals surface area (Å²) < 4.78 is 0. The topological polar surface area (TPSA) is 75.5 Å². The van der Waals surface area contributed by atoms with E-state index in [0.29, 0.717) is 19.6 Å². The molecule has 0 spiro atoms. The second kappa shape index (κ2) is 5.38. The number of piperazine rings is 1. The zero-order valence-electron chi connectivity index (χ0n) is 11.4. The number of carbonyl (C=O) groups is 1. The van der Waals surface area contributed by atoms with Gasteiger partial charge in [0.15, 0.2) is 0 Å². The summed E-state index contributed by atoms with van der Waals surface area (Å²) >= 11 is 6.01. The molecule has 1 saturated heterocycles. The summed E-state index contributed by atoms with van der Waals surface area (Å²) in [7, 11) is 0. The van der Waals surface area contributed by atoms with E-state index in [0.717, 1.165) is 0 Å². The van der Waals surface area contributed by atoms with E-state index in [-0.39, 0.29) is 16.3 Å². The zero-order chi connectivity index (χ0) is 14.9. The number of hydrogen-bond donors (Lipinski definition) is 1. The molecule has 1 N–H and O–H groups in total. The second-order valence-electron chi connectivity index (χ2n) is 5.34. The van der Waals surface area contributed by atoms with Crippen LogP contribution in [0.25, 0.3) is 0 Å².